The Morgan fingerprint density at radius 1 is 1.15 bits per heavy atom. The predicted molar refractivity (Wildman–Crippen MR) is 96.1 cm³/mol. The van der Waals surface area contributed by atoms with Crippen molar-refractivity contribution in [3.8, 4) is 0 Å². The number of amides is 3. The van der Waals surface area contributed by atoms with Gasteiger partial charge in [0.25, 0.3) is 5.91 Å². The second kappa shape index (κ2) is 7.77. The van der Waals surface area contributed by atoms with Crippen molar-refractivity contribution in [2.45, 2.75) is 25.9 Å². The predicted octanol–water partition coefficient (Wildman–Crippen LogP) is 1.31. The van der Waals surface area contributed by atoms with E-state index >= 15 is 0 Å². The van der Waals surface area contributed by atoms with Crippen molar-refractivity contribution in [1.82, 2.24) is 15.6 Å². The van der Waals surface area contributed by atoms with Gasteiger partial charge in [0.2, 0.25) is 0 Å². The van der Waals surface area contributed by atoms with Crippen LogP contribution in [0.3, 0.4) is 0 Å². The van der Waals surface area contributed by atoms with Crippen molar-refractivity contribution in [2.75, 3.05) is 11.4 Å². The molecule has 0 fully saturated rings. The highest BCUT2D eigenvalue weighted by Crippen LogP contribution is 2.35. The Morgan fingerprint density at radius 2 is 1.96 bits per heavy atom. The summed E-state index contributed by atoms with van der Waals surface area (Å²) in [7, 11) is 0. The van der Waals surface area contributed by atoms with E-state index in [1.54, 1.807) is 35.5 Å². The third-order valence-electron chi connectivity index (χ3n) is 4.16. The maximum Gasteiger partial charge on any atom is 0.310 e. The summed E-state index contributed by atoms with van der Waals surface area (Å²) in [4.78, 5) is 42.5. The standard InChI is InChI=1S/C19H20N4O3/c1-2-10-23-15-8-4-3-7-14(15)16(19(23)26)22-18(25)17(24)21-12-13-6-5-9-20-11-13/h3-9,11,16H,2,10,12H2,1H3,(H,21,24)(H,22,25)/t16-/m0/s1. The van der Waals surface area contributed by atoms with E-state index in [-0.39, 0.29) is 12.5 Å². The topological polar surface area (TPSA) is 91.4 Å². The number of carbonyl (C=O) groups excluding carboxylic acids is 3. The molecule has 134 valence electrons. The first-order valence-corrected chi connectivity index (χ1v) is 8.49. The number of carbonyl (C=O) groups is 3. The molecule has 7 nitrogen and oxygen atoms in total. The number of benzene rings is 1. The fourth-order valence-electron chi connectivity index (χ4n) is 2.94. The van der Waals surface area contributed by atoms with Gasteiger partial charge in [0.15, 0.2) is 0 Å². The van der Waals surface area contributed by atoms with Gasteiger partial charge in [-0.3, -0.25) is 19.4 Å². The largest absolute Gasteiger partial charge is 0.344 e. The highest BCUT2D eigenvalue weighted by Gasteiger charge is 2.38. The molecule has 0 unspecified atom stereocenters. The summed E-state index contributed by atoms with van der Waals surface area (Å²) in [5.74, 6) is -1.84. The van der Waals surface area contributed by atoms with E-state index in [0.717, 1.165) is 17.7 Å². The minimum absolute atomic E-state index is 0.192. The van der Waals surface area contributed by atoms with Crippen LogP contribution in [0.15, 0.2) is 48.8 Å². The van der Waals surface area contributed by atoms with Gasteiger partial charge in [-0.15, -0.1) is 0 Å². The van der Waals surface area contributed by atoms with Crippen molar-refractivity contribution in [3.05, 3.63) is 59.9 Å². The average Bonchev–Trinajstić information content (AvgIpc) is 2.93. The SMILES string of the molecule is CCCN1C(=O)[C@@H](NC(=O)C(=O)NCc2cccnc2)c2ccccc21. The van der Waals surface area contributed by atoms with Gasteiger partial charge in [-0.1, -0.05) is 31.2 Å². The van der Waals surface area contributed by atoms with Gasteiger partial charge >= 0.3 is 11.8 Å². The quantitative estimate of drug-likeness (QED) is 0.794. The van der Waals surface area contributed by atoms with Crippen molar-refractivity contribution in [3.63, 3.8) is 0 Å². The lowest BCUT2D eigenvalue weighted by Gasteiger charge is -2.17. The number of aromatic nitrogens is 1. The highest BCUT2D eigenvalue weighted by molar-refractivity contribution is 6.35. The maximum absolute atomic E-state index is 12.7. The summed E-state index contributed by atoms with van der Waals surface area (Å²) in [6.07, 6.45) is 4.03. The molecule has 3 amide bonds. The van der Waals surface area contributed by atoms with Crippen LogP contribution in [0, 0.1) is 0 Å². The number of fused-ring (bicyclic) bond motifs is 1. The van der Waals surface area contributed by atoms with Gasteiger partial charge < -0.3 is 15.5 Å². The molecule has 0 aliphatic carbocycles. The summed E-state index contributed by atoms with van der Waals surface area (Å²) < 4.78 is 0. The number of nitrogens with zero attached hydrogens (tertiary/aromatic N) is 2. The second-order valence-electron chi connectivity index (χ2n) is 6.00. The monoisotopic (exact) mass is 352 g/mol. The molecule has 1 aromatic heterocycles. The van der Waals surface area contributed by atoms with Gasteiger partial charge in [0.05, 0.1) is 0 Å². The lowest BCUT2D eigenvalue weighted by molar-refractivity contribution is -0.140. The van der Waals surface area contributed by atoms with E-state index in [2.05, 4.69) is 15.6 Å². The molecule has 2 heterocycles. The van der Waals surface area contributed by atoms with Crippen LogP contribution >= 0.6 is 0 Å². The smallest absolute Gasteiger partial charge is 0.310 e. The summed E-state index contributed by atoms with van der Waals surface area (Å²) in [5.41, 5.74) is 2.27. The first-order valence-electron chi connectivity index (χ1n) is 8.49. The lowest BCUT2D eigenvalue weighted by atomic mass is 10.1. The highest BCUT2D eigenvalue weighted by atomic mass is 16.2. The van der Waals surface area contributed by atoms with Crippen LogP contribution < -0.4 is 15.5 Å². The Balaban J connectivity index is 1.67. The summed E-state index contributed by atoms with van der Waals surface area (Å²) in [6, 6.07) is 10.00. The van der Waals surface area contributed by atoms with Gasteiger partial charge in [0, 0.05) is 36.7 Å². The number of pyridine rings is 1. The van der Waals surface area contributed by atoms with Crippen LogP contribution in [0.1, 0.15) is 30.5 Å². The van der Waals surface area contributed by atoms with E-state index < -0.39 is 17.9 Å². The third kappa shape index (κ3) is 3.56. The number of nitrogens with one attached hydrogen (secondary N) is 2. The Kier molecular flexibility index (Phi) is 5.26. The summed E-state index contributed by atoms with van der Waals surface area (Å²) in [6.45, 7) is 2.74. The Bertz CT molecular complexity index is 823. The van der Waals surface area contributed by atoms with Crippen molar-refractivity contribution in [2.24, 2.45) is 0 Å². The van der Waals surface area contributed by atoms with Crippen molar-refractivity contribution >= 4 is 23.4 Å². The normalized spacial score (nSPS) is 15.5. The van der Waals surface area contributed by atoms with Gasteiger partial charge in [-0.2, -0.15) is 0 Å². The second-order valence-corrected chi connectivity index (χ2v) is 6.00. The molecule has 0 spiro atoms. The Morgan fingerprint density at radius 3 is 2.69 bits per heavy atom. The Hall–Kier alpha value is -3.22. The van der Waals surface area contributed by atoms with Crippen LogP contribution in [-0.2, 0) is 20.9 Å². The van der Waals surface area contributed by atoms with Crippen LogP contribution in [0.5, 0.6) is 0 Å². The van der Waals surface area contributed by atoms with Gasteiger partial charge in [-0.25, -0.2) is 0 Å². The van der Waals surface area contributed by atoms with E-state index in [9.17, 15) is 14.4 Å². The lowest BCUT2D eigenvalue weighted by Crippen LogP contribution is -2.44. The Labute approximate surface area is 151 Å². The maximum atomic E-state index is 12.7. The minimum atomic E-state index is -0.839. The zero-order chi connectivity index (χ0) is 18.5. The molecule has 0 saturated heterocycles. The number of hydrogen-bond donors (Lipinski definition) is 2. The molecule has 1 atom stereocenters. The van der Waals surface area contributed by atoms with E-state index in [0.29, 0.717) is 12.1 Å². The van der Waals surface area contributed by atoms with Gasteiger partial charge in [-0.05, 0) is 24.1 Å². The molecule has 26 heavy (non-hydrogen) atoms. The van der Waals surface area contributed by atoms with Crippen molar-refractivity contribution < 1.29 is 14.4 Å². The molecule has 3 rings (SSSR count). The molecule has 0 saturated carbocycles. The summed E-state index contributed by atoms with van der Waals surface area (Å²) >= 11 is 0. The molecule has 1 aliphatic rings. The molecular weight excluding hydrogens is 332 g/mol. The molecule has 0 radical (unpaired) electrons. The van der Waals surface area contributed by atoms with Crippen LogP contribution in [0.2, 0.25) is 0 Å². The van der Waals surface area contributed by atoms with Crippen LogP contribution in [0.4, 0.5) is 5.69 Å². The van der Waals surface area contributed by atoms with Crippen LogP contribution in [0.25, 0.3) is 0 Å². The molecule has 2 aromatic rings. The van der Waals surface area contributed by atoms with E-state index in [1.165, 1.54) is 0 Å². The minimum Gasteiger partial charge on any atom is -0.344 e. The number of para-hydroxylation sites is 1. The fourth-order valence-corrected chi connectivity index (χ4v) is 2.94. The molecule has 1 aliphatic heterocycles. The zero-order valence-corrected chi connectivity index (χ0v) is 14.4. The molecular formula is C19H20N4O3. The van der Waals surface area contributed by atoms with Crippen LogP contribution in [-0.4, -0.2) is 29.3 Å². The number of anilines is 1. The van der Waals surface area contributed by atoms with E-state index in [4.69, 9.17) is 0 Å². The fraction of sp³-hybridized carbons (Fsp3) is 0.263. The third-order valence-corrected chi connectivity index (χ3v) is 4.16. The molecule has 7 heteroatoms. The average molecular weight is 352 g/mol. The van der Waals surface area contributed by atoms with E-state index in [1.807, 2.05) is 25.1 Å². The molecule has 2 N–H and O–H groups in total. The summed E-state index contributed by atoms with van der Waals surface area (Å²) in [5, 5.41) is 5.08. The number of rotatable bonds is 5. The molecule has 1 aromatic carbocycles. The van der Waals surface area contributed by atoms with Crippen molar-refractivity contribution in [1.29, 1.82) is 0 Å². The van der Waals surface area contributed by atoms with Gasteiger partial charge in [0.1, 0.15) is 6.04 Å². The first kappa shape index (κ1) is 17.6. The first-order chi connectivity index (χ1) is 12.6. The molecule has 0 bridgehead atoms. The zero-order valence-electron chi connectivity index (χ0n) is 14.4. The number of hydrogen-bond acceptors (Lipinski definition) is 4.